The SMILES string of the molecule is CO[C@@H]1[C@@H](NC(=O)c2ccco2)c2ccccc2C12CCN(Cc1c(F)ccc(F)c1F)CC2. The number of hydrogen-bond donors (Lipinski definition) is 1. The highest BCUT2D eigenvalue weighted by atomic mass is 19.2. The summed E-state index contributed by atoms with van der Waals surface area (Å²) in [6.07, 6.45) is 2.45. The molecule has 1 amide bonds. The number of nitrogens with one attached hydrogen (secondary N) is 1. The number of rotatable bonds is 5. The minimum absolute atomic E-state index is 0.0105. The molecule has 34 heavy (non-hydrogen) atoms. The van der Waals surface area contributed by atoms with E-state index in [0.717, 1.165) is 23.3 Å². The van der Waals surface area contributed by atoms with Gasteiger partial charge in [0.25, 0.3) is 5.91 Å². The van der Waals surface area contributed by atoms with E-state index in [9.17, 15) is 18.0 Å². The number of methoxy groups -OCH3 is 1. The third-order valence-electron chi connectivity index (χ3n) is 7.23. The molecule has 0 radical (unpaired) electrons. The van der Waals surface area contributed by atoms with Crippen molar-refractivity contribution in [3.8, 4) is 0 Å². The monoisotopic (exact) mass is 470 g/mol. The van der Waals surface area contributed by atoms with Crippen molar-refractivity contribution in [2.45, 2.75) is 36.9 Å². The fourth-order valence-electron chi connectivity index (χ4n) is 5.59. The second-order valence-corrected chi connectivity index (χ2v) is 8.93. The van der Waals surface area contributed by atoms with Crippen LogP contribution in [0.3, 0.4) is 0 Å². The zero-order valence-electron chi connectivity index (χ0n) is 18.7. The Hall–Kier alpha value is -3.10. The van der Waals surface area contributed by atoms with Gasteiger partial charge in [0.15, 0.2) is 17.4 Å². The second-order valence-electron chi connectivity index (χ2n) is 8.93. The van der Waals surface area contributed by atoms with Gasteiger partial charge >= 0.3 is 0 Å². The fraction of sp³-hybridized carbons (Fsp3) is 0.346. The quantitative estimate of drug-likeness (QED) is 0.548. The number of carbonyl (C=O) groups excluding carboxylic acids is 1. The van der Waals surface area contributed by atoms with Gasteiger partial charge in [-0.25, -0.2) is 13.2 Å². The molecular formula is C26H25F3N2O3. The van der Waals surface area contributed by atoms with Gasteiger partial charge in [0.2, 0.25) is 0 Å². The van der Waals surface area contributed by atoms with Crippen LogP contribution in [0.5, 0.6) is 0 Å². The zero-order valence-corrected chi connectivity index (χ0v) is 18.7. The lowest BCUT2D eigenvalue weighted by Gasteiger charge is -2.44. The van der Waals surface area contributed by atoms with Crippen molar-refractivity contribution >= 4 is 5.91 Å². The van der Waals surface area contributed by atoms with Gasteiger partial charge in [0.05, 0.1) is 18.4 Å². The van der Waals surface area contributed by atoms with Crippen LogP contribution in [0.1, 0.15) is 46.1 Å². The Morgan fingerprint density at radius 1 is 1.09 bits per heavy atom. The van der Waals surface area contributed by atoms with Crippen molar-refractivity contribution < 1.29 is 27.1 Å². The topological polar surface area (TPSA) is 54.7 Å². The first-order valence-corrected chi connectivity index (χ1v) is 11.3. The Morgan fingerprint density at radius 2 is 1.82 bits per heavy atom. The van der Waals surface area contributed by atoms with E-state index in [1.54, 1.807) is 19.2 Å². The normalized spacial score (nSPS) is 21.5. The van der Waals surface area contributed by atoms with Crippen LogP contribution >= 0.6 is 0 Å². The van der Waals surface area contributed by atoms with Crippen molar-refractivity contribution in [1.82, 2.24) is 10.2 Å². The van der Waals surface area contributed by atoms with Crippen LogP contribution < -0.4 is 5.32 Å². The van der Waals surface area contributed by atoms with E-state index in [-0.39, 0.29) is 41.3 Å². The number of ether oxygens (including phenoxy) is 1. The minimum atomic E-state index is -1.14. The van der Waals surface area contributed by atoms with Crippen LogP contribution in [0.15, 0.2) is 59.2 Å². The molecule has 8 heteroatoms. The van der Waals surface area contributed by atoms with E-state index >= 15 is 0 Å². The number of hydrogen-bond acceptors (Lipinski definition) is 4. The number of nitrogens with zero attached hydrogens (tertiary/aromatic N) is 1. The molecular weight excluding hydrogens is 445 g/mol. The standard InChI is InChI=1S/C26H25F3N2O3/c1-33-24-23(30-25(32)21-7-4-14-34-21)16-5-2-3-6-18(16)26(24)10-12-31(13-11-26)15-17-19(27)8-9-20(28)22(17)29/h2-9,14,23-24H,10-13,15H2,1H3,(H,30,32)/t23-,24+/m0/s1. The van der Waals surface area contributed by atoms with Gasteiger partial charge < -0.3 is 14.5 Å². The van der Waals surface area contributed by atoms with Crippen LogP contribution in [-0.2, 0) is 16.7 Å². The lowest BCUT2D eigenvalue weighted by atomic mass is 9.71. The number of halogens is 3. The predicted octanol–water partition coefficient (Wildman–Crippen LogP) is 4.73. The zero-order chi connectivity index (χ0) is 23.9. The number of carbonyl (C=O) groups is 1. The van der Waals surface area contributed by atoms with Crippen LogP contribution in [-0.4, -0.2) is 37.1 Å². The van der Waals surface area contributed by atoms with Gasteiger partial charge in [-0.15, -0.1) is 0 Å². The van der Waals surface area contributed by atoms with Crippen molar-refractivity contribution in [1.29, 1.82) is 0 Å². The van der Waals surface area contributed by atoms with Crippen LogP contribution in [0.2, 0.25) is 0 Å². The summed E-state index contributed by atoms with van der Waals surface area (Å²) in [5.74, 6) is -3.03. The van der Waals surface area contributed by atoms with Crippen molar-refractivity contribution in [3.05, 3.63) is 94.7 Å². The van der Waals surface area contributed by atoms with Gasteiger partial charge in [-0.05, 0) is 61.3 Å². The summed E-state index contributed by atoms with van der Waals surface area (Å²) in [6, 6.07) is 12.6. The number of furan rings is 1. The second kappa shape index (κ2) is 8.92. The van der Waals surface area contributed by atoms with E-state index < -0.39 is 17.5 Å². The van der Waals surface area contributed by atoms with Gasteiger partial charge in [0.1, 0.15) is 5.82 Å². The molecule has 0 saturated carbocycles. The minimum Gasteiger partial charge on any atom is -0.459 e. The molecule has 178 valence electrons. The molecule has 5 rings (SSSR count). The molecule has 1 aliphatic heterocycles. The van der Waals surface area contributed by atoms with Gasteiger partial charge in [-0.3, -0.25) is 9.69 Å². The Labute approximate surface area is 195 Å². The Bertz CT molecular complexity index is 1190. The lowest BCUT2D eigenvalue weighted by Crippen LogP contribution is -2.50. The first-order valence-electron chi connectivity index (χ1n) is 11.3. The molecule has 1 aromatic heterocycles. The molecule has 2 aromatic carbocycles. The summed E-state index contributed by atoms with van der Waals surface area (Å²) in [6.45, 7) is 1.08. The molecule has 1 fully saturated rings. The third-order valence-corrected chi connectivity index (χ3v) is 7.23. The number of fused-ring (bicyclic) bond motifs is 2. The molecule has 5 nitrogen and oxygen atoms in total. The Morgan fingerprint density at radius 3 is 2.53 bits per heavy atom. The summed E-state index contributed by atoms with van der Waals surface area (Å²) in [5, 5.41) is 3.07. The summed E-state index contributed by atoms with van der Waals surface area (Å²) < 4.78 is 53.3. The molecule has 1 aliphatic carbocycles. The molecule has 0 bridgehead atoms. The predicted molar refractivity (Wildman–Crippen MR) is 119 cm³/mol. The molecule has 1 N–H and O–H groups in total. The molecule has 3 aromatic rings. The van der Waals surface area contributed by atoms with Gasteiger partial charge in [-0.1, -0.05) is 24.3 Å². The number of likely N-dealkylation sites (tertiary alicyclic amines) is 1. The molecule has 2 atom stereocenters. The van der Waals surface area contributed by atoms with Crippen LogP contribution in [0.4, 0.5) is 13.2 Å². The molecule has 1 saturated heterocycles. The van der Waals surface area contributed by atoms with E-state index in [1.807, 2.05) is 23.1 Å². The Kier molecular flexibility index (Phi) is 5.95. The summed E-state index contributed by atoms with van der Waals surface area (Å²) in [7, 11) is 1.63. The highest BCUT2D eigenvalue weighted by Gasteiger charge is 2.54. The number of amides is 1. The average molecular weight is 470 g/mol. The molecule has 2 aliphatic rings. The van der Waals surface area contributed by atoms with Crippen molar-refractivity contribution in [3.63, 3.8) is 0 Å². The summed E-state index contributed by atoms with van der Waals surface area (Å²) in [4.78, 5) is 14.7. The van der Waals surface area contributed by atoms with Crippen LogP contribution in [0, 0.1) is 17.5 Å². The smallest absolute Gasteiger partial charge is 0.287 e. The van der Waals surface area contributed by atoms with E-state index in [0.29, 0.717) is 25.9 Å². The van der Waals surface area contributed by atoms with Gasteiger partial charge in [0, 0.05) is 24.6 Å². The highest BCUT2D eigenvalue weighted by Crippen LogP contribution is 2.52. The van der Waals surface area contributed by atoms with Crippen LogP contribution in [0.25, 0.3) is 0 Å². The summed E-state index contributed by atoms with van der Waals surface area (Å²) in [5.41, 5.74) is 1.47. The molecule has 2 heterocycles. The van der Waals surface area contributed by atoms with E-state index in [2.05, 4.69) is 11.4 Å². The maximum absolute atomic E-state index is 14.2. The molecule has 0 unspecified atom stereocenters. The number of benzene rings is 2. The molecule has 1 spiro atoms. The third kappa shape index (κ3) is 3.71. The highest BCUT2D eigenvalue weighted by molar-refractivity contribution is 5.91. The van der Waals surface area contributed by atoms with E-state index in [4.69, 9.17) is 9.15 Å². The first kappa shape index (κ1) is 22.7. The van der Waals surface area contributed by atoms with Crippen molar-refractivity contribution in [2.24, 2.45) is 0 Å². The fourth-order valence-corrected chi connectivity index (χ4v) is 5.59. The van der Waals surface area contributed by atoms with Gasteiger partial charge in [-0.2, -0.15) is 0 Å². The largest absolute Gasteiger partial charge is 0.459 e. The number of piperidine rings is 1. The average Bonchev–Trinajstić information content (AvgIpc) is 3.47. The first-order chi connectivity index (χ1) is 16.4. The maximum atomic E-state index is 14.2. The van der Waals surface area contributed by atoms with Crippen molar-refractivity contribution in [2.75, 3.05) is 20.2 Å². The summed E-state index contributed by atoms with van der Waals surface area (Å²) >= 11 is 0. The van der Waals surface area contributed by atoms with E-state index in [1.165, 1.54) is 6.26 Å². The Balaban J connectivity index is 1.39. The maximum Gasteiger partial charge on any atom is 0.287 e. The lowest BCUT2D eigenvalue weighted by molar-refractivity contribution is -0.0126.